The van der Waals surface area contributed by atoms with Crippen molar-refractivity contribution in [2.45, 2.75) is 29.5 Å². The molecule has 0 bridgehead atoms. The Labute approximate surface area is 149 Å². The number of hydrogen-bond donors (Lipinski definition) is 1. The molecule has 1 fully saturated rings. The molecule has 1 aliphatic rings. The van der Waals surface area contributed by atoms with E-state index < -0.39 is 47.4 Å². The number of nitrogens with zero attached hydrogens (tertiary/aromatic N) is 1. The van der Waals surface area contributed by atoms with Crippen LogP contribution in [-0.2, 0) is 19.7 Å². The van der Waals surface area contributed by atoms with Crippen molar-refractivity contribution in [3.8, 4) is 0 Å². The molecule has 25 heavy (non-hydrogen) atoms. The molecule has 0 saturated carbocycles. The van der Waals surface area contributed by atoms with Crippen molar-refractivity contribution in [2.75, 3.05) is 38.7 Å². The average molecular weight is 393 g/mol. The van der Waals surface area contributed by atoms with Gasteiger partial charge in [-0.2, -0.15) is 0 Å². The number of rotatable bonds is 7. The van der Waals surface area contributed by atoms with Gasteiger partial charge in [0.25, 0.3) is 0 Å². The molecule has 1 aliphatic heterocycles. The fourth-order valence-corrected chi connectivity index (χ4v) is 7.85. The Morgan fingerprint density at radius 1 is 1.28 bits per heavy atom. The van der Waals surface area contributed by atoms with E-state index >= 15 is 0 Å². The lowest BCUT2D eigenvalue weighted by molar-refractivity contribution is 0.388. The number of halogens is 1. The summed E-state index contributed by atoms with van der Waals surface area (Å²) in [6.45, 7) is 2.97. The van der Waals surface area contributed by atoms with Crippen molar-refractivity contribution >= 4 is 19.7 Å². The Morgan fingerprint density at radius 2 is 1.96 bits per heavy atom. The predicted octanol–water partition coefficient (Wildman–Crippen LogP) is 0.615. The second-order valence-corrected chi connectivity index (χ2v) is 11.1. The molecular formula is C16H25FN2O4S2. The van der Waals surface area contributed by atoms with Crippen LogP contribution in [0.25, 0.3) is 0 Å². The van der Waals surface area contributed by atoms with Crippen molar-refractivity contribution in [3.63, 3.8) is 0 Å². The summed E-state index contributed by atoms with van der Waals surface area (Å²) >= 11 is 0. The summed E-state index contributed by atoms with van der Waals surface area (Å²) in [5, 5.41) is 1.87. The highest BCUT2D eigenvalue weighted by Gasteiger charge is 2.46. The first-order valence-corrected chi connectivity index (χ1v) is 11.5. The molecule has 0 aromatic heterocycles. The Hall–Kier alpha value is -1.03. The first kappa shape index (κ1) is 20.3. The maximum Gasteiger partial charge on any atom is 0.186 e. The van der Waals surface area contributed by atoms with Crippen molar-refractivity contribution in [1.82, 2.24) is 10.2 Å². The third-order valence-electron chi connectivity index (χ3n) is 4.28. The number of sulfone groups is 2. The van der Waals surface area contributed by atoms with Gasteiger partial charge in [0.15, 0.2) is 19.7 Å². The van der Waals surface area contributed by atoms with E-state index in [1.54, 1.807) is 6.92 Å². The lowest BCUT2D eigenvalue weighted by atomic mass is 10.2. The van der Waals surface area contributed by atoms with Crippen LogP contribution in [0.2, 0.25) is 0 Å². The summed E-state index contributed by atoms with van der Waals surface area (Å²) in [5.74, 6) is -1.57. The average Bonchev–Trinajstić information content (AvgIpc) is 2.81. The van der Waals surface area contributed by atoms with E-state index in [2.05, 4.69) is 5.32 Å². The number of aryl methyl sites for hydroxylation is 1. The largest absolute Gasteiger partial charge is 0.312 e. The normalized spacial score (nSPS) is 23.2. The molecule has 0 spiro atoms. The summed E-state index contributed by atoms with van der Waals surface area (Å²) in [6, 6.07) is 3.12. The second kappa shape index (κ2) is 7.69. The van der Waals surface area contributed by atoms with E-state index in [4.69, 9.17) is 0 Å². The molecule has 0 unspecified atom stereocenters. The molecule has 1 N–H and O–H groups in total. The smallest absolute Gasteiger partial charge is 0.186 e. The molecule has 6 nitrogen and oxygen atoms in total. The molecule has 1 saturated heterocycles. The van der Waals surface area contributed by atoms with Gasteiger partial charge in [-0.3, -0.25) is 0 Å². The Kier molecular flexibility index (Phi) is 6.24. The molecule has 0 amide bonds. The van der Waals surface area contributed by atoms with Crippen LogP contribution >= 0.6 is 0 Å². The number of benzene rings is 1. The van der Waals surface area contributed by atoms with E-state index in [1.807, 2.05) is 19.0 Å². The molecule has 2 rings (SSSR count). The van der Waals surface area contributed by atoms with Gasteiger partial charge >= 0.3 is 0 Å². The molecule has 142 valence electrons. The standard InChI is InChI=1S/C16H25FN2O4S2/c1-12-5-6-13(17)15(9-12)25(22,23)16-11-24(20,21)10-14(16)18-7-4-8-19(2)3/h5-6,9,14,16,18H,4,7-8,10-11H2,1-3H3/t14-,16-/m0/s1. The van der Waals surface area contributed by atoms with Gasteiger partial charge in [-0.15, -0.1) is 0 Å². The van der Waals surface area contributed by atoms with Gasteiger partial charge in [0.05, 0.1) is 16.8 Å². The lowest BCUT2D eigenvalue weighted by Crippen LogP contribution is -2.44. The predicted molar refractivity (Wildman–Crippen MR) is 95.7 cm³/mol. The summed E-state index contributed by atoms with van der Waals surface area (Å²) in [4.78, 5) is 1.57. The highest BCUT2D eigenvalue weighted by atomic mass is 32.2. The third kappa shape index (κ3) is 4.99. The van der Waals surface area contributed by atoms with Crippen LogP contribution in [0.3, 0.4) is 0 Å². The van der Waals surface area contributed by atoms with Crippen LogP contribution in [0.4, 0.5) is 4.39 Å². The fraction of sp³-hybridized carbons (Fsp3) is 0.625. The first-order chi connectivity index (χ1) is 11.5. The minimum absolute atomic E-state index is 0.244. The van der Waals surface area contributed by atoms with Gasteiger partial charge in [0.1, 0.15) is 10.7 Å². The highest BCUT2D eigenvalue weighted by molar-refractivity contribution is 7.96. The zero-order valence-electron chi connectivity index (χ0n) is 14.7. The van der Waals surface area contributed by atoms with Crippen LogP contribution in [0.15, 0.2) is 23.1 Å². The second-order valence-electron chi connectivity index (χ2n) is 6.81. The zero-order valence-corrected chi connectivity index (χ0v) is 16.3. The summed E-state index contributed by atoms with van der Waals surface area (Å²) in [7, 11) is -3.73. The van der Waals surface area contributed by atoms with Crippen LogP contribution < -0.4 is 5.32 Å². The van der Waals surface area contributed by atoms with Crippen LogP contribution in [0, 0.1) is 12.7 Å². The van der Waals surface area contributed by atoms with Crippen LogP contribution in [0.5, 0.6) is 0 Å². The van der Waals surface area contributed by atoms with Gasteiger partial charge in [-0.25, -0.2) is 21.2 Å². The van der Waals surface area contributed by atoms with Crippen molar-refractivity contribution in [3.05, 3.63) is 29.6 Å². The maximum absolute atomic E-state index is 14.1. The monoisotopic (exact) mass is 392 g/mol. The van der Waals surface area contributed by atoms with E-state index in [9.17, 15) is 21.2 Å². The van der Waals surface area contributed by atoms with Crippen LogP contribution in [0.1, 0.15) is 12.0 Å². The van der Waals surface area contributed by atoms with Gasteiger partial charge in [0.2, 0.25) is 0 Å². The quantitative estimate of drug-likeness (QED) is 0.685. The van der Waals surface area contributed by atoms with Gasteiger partial charge in [-0.05, 0) is 58.2 Å². The van der Waals surface area contributed by atoms with Crippen molar-refractivity contribution in [2.24, 2.45) is 0 Å². The Bertz CT molecular complexity index is 823. The number of hydrogen-bond acceptors (Lipinski definition) is 6. The van der Waals surface area contributed by atoms with Crippen molar-refractivity contribution < 1.29 is 21.2 Å². The fourth-order valence-electron chi connectivity index (χ4n) is 2.99. The molecule has 0 aliphatic carbocycles. The third-order valence-corrected chi connectivity index (χ3v) is 8.44. The van der Waals surface area contributed by atoms with E-state index in [0.29, 0.717) is 12.1 Å². The summed E-state index contributed by atoms with van der Waals surface area (Å²) in [5.41, 5.74) is 0.608. The SMILES string of the molecule is Cc1ccc(F)c(S(=O)(=O)[C@H]2CS(=O)(=O)C[C@@H]2NCCCN(C)C)c1. The Morgan fingerprint density at radius 3 is 2.60 bits per heavy atom. The molecule has 1 heterocycles. The van der Waals surface area contributed by atoms with E-state index in [0.717, 1.165) is 19.0 Å². The van der Waals surface area contributed by atoms with Crippen LogP contribution in [-0.4, -0.2) is 71.7 Å². The maximum atomic E-state index is 14.1. The minimum Gasteiger partial charge on any atom is -0.312 e. The highest BCUT2D eigenvalue weighted by Crippen LogP contribution is 2.28. The van der Waals surface area contributed by atoms with Crippen molar-refractivity contribution in [1.29, 1.82) is 0 Å². The van der Waals surface area contributed by atoms with E-state index in [1.165, 1.54) is 12.1 Å². The zero-order chi connectivity index (χ0) is 18.8. The topological polar surface area (TPSA) is 83.5 Å². The minimum atomic E-state index is -4.09. The molecule has 1 aromatic carbocycles. The molecular weight excluding hydrogens is 367 g/mol. The molecule has 0 radical (unpaired) electrons. The summed E-state index contributed by atoms with van der Waals surface area (Å²) in [6.07, 6.45) is 0.759. The molecule has 9 heteroatoms. The van der Waals surface area contributed by atoms with Gasteiger partial charge in [-0.1, -0.05) is 6.07 Å². The van der Waals surface area contributed by atoms with Gasteiger partial charge in [0, 0.05) is 6.04 Å². The van der Waals surface area contributed by atoms with E-state index in [-0.39, 0.29) is 5.75 Å². The Balaban J connectivity index is 2.25. The molecule has 2 atom stereocenters. The lowest BCUT2D eigenvalue weighted by Gasteiger charge is -2.21. The van der Waals surface area contributed by atoms with Gasteiger partial charge < -0.3 is 10.2 Å². The molecule has 1 aromatic rings. The summed E-state index contributed by atoms with van der Waals surface area (Å²) < 4.78 is 63.9. The first-order valence-electron chi connectivity index (χ1n) is 8.11. The number of nitrogens with one attached hydrogen (secondary N) is 1.